The van der Waals surface area contributed by atoms with Gasteiger partial charge in [0.2, 0.25) is 0 Å². The van der Waals surface area contributed by atoms with Crippen LogP contribution in [0.2, 0.25) is 0 Å². The van der Waals surface area contributed by atoms with Gasteiger partial charge in [-0.3, -0.25) is 0 Å². The van der Waals surface area contributed by atoms with Gasteiger partial charge in [-0.1, -0.05) is 6.07 Å². The summed E-state index contributed by atoms with van der Waals surface area (Å²) in [5.74, 6) is 0.214. The molecule has 0 unspecified atom stereocenters. The second kappa shape index (κ2) is 4.15. The molecule has 0 saturated carbocycles. The van der Waals surface area contributed by atoms with E-state index in [1.165, 1.54) is 22.9 Å². The molecule has 0 saturated heterocycles. The first kappa shape index (κ1) is 10.8. The molecule has 0 fully saturated rings. The SMILES string of the molecule is Oc1ccc(O)n1-c1cnc(-c2cccs2)cn1. The van der Waals surface area contributed by atoms with Crippen molar-refractivity contribution in [3.63, 3.8) is 0 Å². The molecule has 3 aromatic rings. The maximum Gasteiger partial charge on any atom is 0.199 e. The van der Waals surface area contributed by atoms with Gasteiger partial charge in [-0.15, -0.1) is 11.3 Å². The van der Waals surface area contributed by atoms with Crippen LogP contribution in [0.25, 0.3) is 16.4 Å². The van der Waals surface area contributed by atoms with E-state index in [1.54, 1.807) is 17.5 Å². The highest BCUT2D eigenvalue weighted by molar-refractivity contribution is 7.13. The smallest absolute Gasteiger partial charge is 0.199 e. The van der Waals surface area contributed by atoms with Crippen molar-refractivity contribution in [3.8, 4) is 28.1 Å². The monoisotopic (exact) mass is 259 g/mol. The second-order valence-electron chi connectivity index (χ2n) is 3.62. The summed E-state index contributed by atoms with van der Waals surface area (Å²) >= 11 is 1.58. The first-order valence-corrected chi connectivity index (χ1v) is 6.09. The quantitative estimate of drug-likeness (QED) is 0.741. The van der Waals surface area contributed by atoms with Gasteiger partial charge in [0, 0.05) is 12.1 Å². The highest BCUT2D eigenvalue weighted by Crippen LogP contribution is 2.26. The molecule has 0 atom stereocenters. The van der Waals surface area contributed by atoms with Gasteiger partial charge in [-0.05, 0) is 11.4 Å². The van der Waals surface area contributed by atoms with Crippen LogP contribution in [0.3, 0.4) is 0 Å². The fraction of sp³-hybridized carbons (Fsp3) is 0. The molecule has 3 heterocycles. The zero-order valence-electron chi connectivity index (χ0n) is 9.19. The Balaban J connectivity index is 2.02. The minimum Gasteiger partial charge on any atom is -0.494 e. The fourth-order valence-corrected chi connectivity index (χ4v) is 2.33. The average Bonchev–Trinajstić information content (AvgIpc) is 3.01. The van der Waals surface area contributed by atoms with Crippen LogP contribution in [0.15, 0.2) is 42.0 Å². The predicted molar refractivity (Wildman–Crippen MR) is 68.0 cm³/mol. The molecular weight excluding hydrogens is 250 g/mol. The third-order valence-electron chi connectivity index (χ3n) is 2.48. The molecule has 0 aliphatic rings. The maximum absolute atomic E-state index is 9.58. The Hall–Kier alpha value is -2.34. The normalized spacial score (nSPS) is 10.7. The Bertz CT molecular complexity index is 640. The minimum absolute atomic E-state index is 0.0781. The van der Waals surface area contributed by atoms with Crippen LogP contribution >= 0.6 is 11.3 Å². The van der Waals surface area contributed by atoms with Crippen LogP contribution in [-0.4, -0.2) is 24.7 Å². The van der Waals surface area contributed by atoms with E-state index in [9.17, 15) is 10.2 Å². The Morgan fingerprint density at radius 1 is 1.00 bits per heavy atom. The molecule has 5 nitrogen and oxygen atoms in total. The third-order valence-corrected chi connectivity index (χ3v) is 3.37. The third kappa shape index (κ3) is 1.72. The minimum atomic E-state index is -0.0781. The van der Waals surface area contributed by atoms with E-state index >= 15 is 0 Å². The summed E-state index contributed by atoms with van der Waals surface area (Å²) in [6, 6.07) is 6.69. The van der Waals surface area contributed by atoms with Crippen LogP contribution in [0.4, 0.5) is 0 Å². The van der Waals surface area contributed by atoms with Crippen LogP contribution in [-0.2, 0) is 0 Å². The molecule has 0 aliphatic carbocycles. The molecule has 0 aliphatic heterocycles. The van der Waals surface area contributed by atoms with E-state index < -0.39 is 0 Å². The number of aromatic nitrogens is 3. The van der Waals surface area contributed by atoms with Crippen molar-refractivity contribution in [3.05, 3.63) is 42.0 Å². The highest BCUT2D eigenvalue weighted by atomic mass is 32.1. The zero-order valence-corrected chi connectivity index (χ0v) is 10.0. The van der Waals surface area contributed by atoms with E-state index in [1.807, 2.05) is 17.5 Å². The number of nitrogens with zero attached hydrogens (tertiary/aromatic N) is 3. The predicted octanol–water partition coefficient (Wildman–Crippen LogP) is 2.41. The first-order valence-electron chi connectivity index (χ1n) is 5.21. The summed E-state index contributed by atoms with van der Waals surface area (Å²) < 4.78 is 1.21. The molecule has 2 N–H and O–H groups in total. The van der Waals surface area contributed by atoms with Gasteiger partial charge >= 0.3 is 0 Å². The molecule has 18 heavy (non-hydrogen) atoms. The summed E-state index contributed by atoms with van der Waals surface area (Å²) in [4.78, 5) is 9.47. The molecular formula is C12H9N3O2S. The van der Waals surface area contributed by atoms with Crippen molar-refractivity contribution in [1.29, 1.82) is 0 Å². The lowest BCUT2D eigenvalue weighted by molar-refractivity contribution is 0.400. The lowest BCUT2D eigenvalue weighted by atomic mass is 10.3. The lowest BCUT2D eigenvalue weighted by Gasteiger charge is -2.05. The number of rotatable bonds is 2. The average molecular weight is 259 g/mol. The van der Waals surface area contributed by atoms with Crippen LogP contribution in [0.5, 0.6) is 11.8 Å². The topological polar surface area (TPSA) is 71.2 Å². The highest BCUT2D eigenvalue weighted by Gasteiger charge is 2.10. The van der Waals surface area contributed by atoms with Crippen molar-refractivity contribution < 1.29 is 10.2 Å². The van der Waals surface area contributed by atoms with Crippen molar-refractivity contribution in [2.24, 2.45) is 0 Å². The Morgan fingerprint density at radius 2 is 1.78 bits per heavy atom. The summed E-state index contributed by atoms with van der Waals surface area (Å²) in [6.45, 7) is 0. The van der Waals surface area contributed by atoms with Gasteiger partial charge in [0.1, 0.15) is 0 Å². The first-order chi connectivity index (χ1) is 8.75. The van der Waals surface area contributed by atoms with Gasteiger partial charge in [0.25, 0.3) is 0 Å². The fourth-order valence-electron chi connectivity index (χ4n) is 1.64. The van der Waals surface area contributed by atoms with Crippen molar-refractivity contribution in [1.82, 2.24) is 14.5 Å². The van der Waals surface area contributed by atoms with Gasteiger partial charge in [0.15, 0.2) is 17.6 Å². The second-order valence-corrected chi connectivity index (χ2v) is 4.57. The van der Waals surface area contributed by atoms with Crippen LogP contribution in [0.1, 0.15) is 0 Å². The van der Waals surface area contributed by atoms with Gasteiger partial charge in [-0.25, -0.2) is 14.5 Å². The van der Waals surface area contributed by atoms with E-state index in [4.69, 9.17) is 0 Å². The molecule has 0 bridgehead atoms. The molecule has 0 spiro atoms. The summed E-state index contributed by atoms with van der Waals surface area (Å²) in [5, 5.41) is 21.1. The van der Waals surface area contributed by atoms with Crippen LogP contribution < -0.4 is 0 Å². The van der Waals surface area contributed by atoms with E-state index in [2.05, 4.69) is 9.97 Å². The number of aromatic hydroxyl groups is 2. The maximum atomic E-state index is 9.58. The number of hydrogen-bond acceptors (Lipinski definition) is 5. The standard InChI is InChI=1S/C12H9N3O2S/c16-11-3-4-12(17)15(11)10-7-13-8(6-14-10)9-2-1-5-18-9/h1-7,16-17H. The van der Waals surface area contributed by atoms with E-state index in [0.29, 0.717) is 5.82 Å². The summed E-state index contributed by atoms with van der Waals surface area (Å²) in [5.41, 5.74) is 0.764. The molecule has 3 rings (SSSR count). The van der Waals surface area contributed by atoms with Gasteiger partial charge in [0.05, 0.1) is 23.0 Å². The van der Waals surface area contributed by atoms with Gasteiger partial charge in [-0.2, -0.15) is 0 Å². The van der Waals surface area contributed by atoms with Crippen LogP contribution in [0, 0.1) is 0 Å². The molecule has 0 radical (unpaired) electrons. The van der Waals surface area contributed by atoms with Crippen molar-refractivity contribution in [2.45, 2.75) is 0 Å². The van der Waals surface area contributed by atoms with Gasteiger partial charge < -0.3 is 10.2 Å². The van der Waals surface area contributed by atoms with E-state index in [0.717, 1.165) is 10.6 Å². The number of hydrogen-bond donors (Lipinski definition) is 2. The lowest BCUT2D eigenvalue weighted by Crippen LogP contribution is -1.97. The Morgan fingerprint density at radius 3 is 2.33 bits per heavy atom. The Kier molecular flexibility index (Phi) is 2.49. The van der Waals surface area contributed by atoms with E-state index in [-0.39, 0.29) is 11.8 Å². The Labute approximate surface area is 107 Å². The summed E-state index contributed by atoms with van der Waals surface area (Å²) in [6.07, 6.45) is 3.12. The van der Waals surface area contributed by atoms with Crippen molar-refractivity contribution in [2.75, 3.05) is 0 Å². The summed E-state index contributed by atoms with van der Waals surface area (Å²) in [7, 11) is 0. The molecule has 6 heteroatoms. The molecule has 3 aromatic heterocycles. The molecule has 0 amide bonds. The number of thiophene rings is 1. The zero-order chi connectivity index (χ0) is 12.5. The largest absolute Gasteiger partial charge is 0.494 e. The molecule has 0 aromatic carbocycles. The molecule has 90 valence electrons. The van der Waals surface area contributed by atoms with Crippen molar-refractivity contribution >= 4 is 11.3 Å².